The average Bonchev–Trinajstić information content (AvgIpc) is 3.33. The van der Waals surface area contributed by atoms with E-state index in [2.05, 4.69) is 49.8 Å². The molecule has 2 aliphatic rings. The van der Waals surface area contributed by atoms with Crippen LogP contribution in [0.4, 0.5) is 5.95 Å². The van der Waals surface area contributed by atoms with Gasteiger partial charge in [-0.15, -0.1) is 0 Å². The van der Waals surface area contributed by atoms with Crippen molar-refractivity contribution in [3.05, 3.63) is 77.1 Å². The summed E-state index contributed by atoms with van der Waals surface area (Å²) in [5.74, 6) is 1.88. The smallest absolute Gasteiger partial charge is 0.254 e. The molecular formula is C26H29N5O3. The van der Waals surface area contributed by atoms with Crippen LogP contribution in [0, 0.1) is 6.92 Å². The highest BCUT2D eigenvalue weighted by atomic mass is 16.7. The van der Waals surface area contributed by atoms with Crippen molar-refractivity contribution in [1.29, 1.82) is 0 Å². The second-order valence-corrected chi connectivity index (χ2v) is 8.74. The minimum Gasteiger partial charge on any atom is -0.454 e. The summed E-state index contributed by atoms with van der Waals surface area (Å²) in [6, 6.07) is 16.5. The predicted octanol–water partition coefficient (Wildman–Crippen LogP) is 3.52. The number of fused-ring (bicyclic) bond motifs is 1. The number of rotatable bonds is 7. The van der Waals surface area contributed by atoms with Crippen LogP contribution in [-0.4, -0.2) is 46.7 Å². The fourth-order valence-corrected chi connectivity index (χ4v) is 4.35. The molecule has 34 heavy (non-hydrogen) atoms. The third-order valence-electron chi connectivity index (χ3n) is 6.28. The summed E-state index contributed by atoms with van der Waals surface area (Å²) in [6.07, 6.45) is 3.48. The molecule has 5 rings (SSSR count). The number of hydrogen-bond acceptors (Lipinski definition) is 7. The van der Waals surface area contributed by atoms with Gasteiger partial charge in [-0.3, -0.25) is 9.69 Å². The molecule has 2 N–H and O–H groups in total. The lowest BCUT2D eigenvalue weighted by Gasteiger charge is -2.32. The van der Waals surface area contributed by atoms with Crippen molar-refractivity contribution >= 4 is 11.9 Å². The van der Waals surface area contributed by atoms with Crippen molar-refractivity contribution < 1.29 is 14.3 Å². The minimum atomic E-state index is -0.110. The van der Waals surface area contributed by atoms with E-state index in [9.17, 15) is 4.79 Å². The number of benzene rings is 2. The van der Waals surface area contributed by atoms with Gasteiger partial charge in [0.05, 0.1) is 11.3 Å². The highest BCUT2D eigenvalue weighted by molar-refractivity contribution is 5.95. The molecule has 2 aliphatic heterocycles. The van der Waals surface area contributed by atoms with E-state index >= 15 is 0 Å². The summed E-state index contributed by atoms with van der Waals surface area (Å²) in [7, 11) is 0. The van der Waals surface area contributed by atoms with E-state index in [-0.39, 0.29) is 18.7 Å². The Morgan fingerprint density at radius 3 is 2.65 bits per heavy atom. The van der Waals surface area contributed by atoms with E-state index in [0.29, 0.717) is 23.8 Å². The molecule has 3 heterocycles. The number of carbonyl (C=O) groups excluding carboxylic acids is 1. The molecule has 176 valence electrons. The molecule has 0 aliphatic carbocycles. The zero-order valence-electron chi connectivity index (χ0n) is 19.3. The number of nitrogens with one attached hydrogen (secondary N) is 2. The van der Waals surface area contributed by atoms with Crippen LogP contribution in [0.3, 0.4) is 0 Å². The van der Waals surface area contributed by atoms with Crippen LogP contribution in [0.2, 0.25) is 0 Å². The van der Waals surface area contributed by atoms with Gasteiger partial charge in [-0.05, 0) is 43.0 Å². The first kappa shape index (κ1) is 22.2. The van der Waals surface area contributed by atoms with Crippen molar-refractivity contribution in [3.8, 4) is 11.5 Å². The molecule has 0 bridgehead atoms. The lowest BCUT2D eigenvalue weighted by molar-refractivity contribution is 0.0907. The average molecular weight is 460 g/mol. The summed E-state index contributed by atoms with van der Waals surface area (Å²) in [6.45, 7) is 5.53. The Hall–Kier alpha value is -3.65. The highest BCUT2D eigenvalue weighted by Crippen LogP contribution is 2.32. The third kappa shape index (κ3) is 5.28. The number of amides is 1. The molecule has 1 aromatic heterocycles. The minimum absolute atomic E-state index is 0.110. The van der Waals surface area contributed by atoms with Crippen LogP contribution in [0.5, 0.6) is 11.5 Å². The molecule has 0 spiro atoms. The maximum Gasteiger partial charge on any atom is 0.254 e. The van der Waals surface area contributed by atoms with E-state index < -0.39 is 0 Å². The van der Waals surface area contributed by atoms with Crippen LogP contribution < -0.4 is 20.1 Å². The van der Waals surface area contributed by atoms with Crippen LogP contribution in [-0.2, 0) is 13.1 Å². The summed E-state index contributed by atoms with van der Waals surface area (Å²) in [5, 5.41) is 6.38. The van der Waals surface area contributed by atoms with E-state index in [1.54, 1.807) is 6.20 Å². The summed E-state index contributed by atoms with van der Waals surface area (Å²) in [4.78, 5) is 24.1. The number of aromatic nitrogens is 2. The van der Waals surface area contributed by atoms with Crippen molar-refractivity contribution in [3.63, 3.8) is 0 Å². The van der Waals surface area contributed by atoms with Crippen molar-refractivity contribution in [2.24, 2.45) is 0 Å². The fourth-order valence-electron chi connectivity index (χ4n) is 4.35. The number of piperidine rings is 1. The molecule has 1 saturated heterocycles. The standard InChI is InChI=1S/C26H29N5O3/c1-18-22(15-28-26(29-18)27-14-20-7-8-23-24(13-20)34-17-33-23)25(32)30-21-9-11-31(12-10-21)16-19-5-3-2-4-6-19/h2-8,13,15,21H,9-12,14,16-17H2,1H3,(H,30,32)(H,27,28,29). The van der Waals surface area contributed by atoms with Crippen LogP contribution >= 0.6 is 0 Å². The van der Waals surface area contributed by atoms with E-state index in [0.717, 1.165) is 49.5 Å². The van der Waals surface area contributed by atoms with Crippen molar-refractivity contribution in [2.75, 3.05) is 25.2 Å². The summed E-state index contributed by atoms with van der Waals surface area (Å²) >= 11 is 0. The molecule has 0 atom stereocenters. The van der Waals surface area contributed by atoms with Gasteiger partial charge >= 0.3 is 0 Å². The Morgan fingerprint density at radius 2 is 1.85 bits per heavy atom. The Balaban J connectivity index is 1.11. The first-order chi connectivity index (χ1) is 16.6. The monoisotopic (exact) mass is 459 g/mol. The maximum absolute atomic E-state index is 12.9. The zero-order chi connectivity index (χ0) is 23.3. The topological polar surface area (TPSA) is 88.6 Å². The second kappa shape index (κ2) is 10.1. The molecule has 2 aromatic carbocycles. The highest BCUT2D eigenvalue weighted by Gasteiger charge is 2.22. The molecule has 8 heteroatoms. The number of ether oxygens (including phenoxy) is 2. The quantitative estimate of drug-likeness (QED) is 0.559. The summed E-state index contributed by atoms with van der Waals surface area (Å²) < 4.78 is 10.8. The van der Waals surface area contributed by atoms with Gasteiger partial charge in [-0.1, -0.05) is 36.4 Å². The molecule has 1 fully saturated rings. The second-order valence-electron chi connectivity index (χ2n) is 8.74. The third-order valence-corrected chi connectivity index (χ3v) is 6.28. The maximum atomic E-state index is 12.9. The van der Waals surface area contributed by atoms with Crippen LogP contribution in [0.1, 0.15) is 40.0 Å². The van der Waals surface area contributed by atoms with E-state index in [4.69, 9.17) is 9.47 Å². The normalized spacial score (nSPS) is 15.8. The first-order valence-corrected chi connectivity index (χ1v) is 11.7. The molecule has 8 nitrogen and oxygen atoms in total. The lowest BCUT2D eigenvalue weighted by atomic mass is 10.0. The van der Waals surface area contributed by atoms with Gasteiger partial charge < -0.3 is 20.1 Å². The number of aryl methyl sites for hydroxylation is 1. The number of anilines is 1. The van der Waals surface area contributed by atoms with E-state index in [1.165, 1.54) is 5.56 Å². The van der Waals surface area contributed by atoms with Gasteiger partial charge in [0.15, 0.2) is 11.5 Å². The van der Waals surface area contributed by atoms with Gasteiger partial charge in [0.1, 0.15) is 0 Å². The van der Waals surface area contributed by atoms with Gasteiger partial charge in [0.25, 0.3) is 5.91 Å². The molecular weight excluding hydrogens is 430 g/mol. The van der Waals surface area contributed by atoms with E-state index in [1.807, 2.05) is 31.2 Å². The Kier molecular flexibility index (Phi) is 6.58. The van der Waals surface area contributed by atoms with Crippen LogP contribution in [0.25, 0.3) is 0 Å². The van der Waals surface area contributed by atoms with Gasteiger partial charge in [0.2, 0.25) is 12.7 Å². The Morgan fingerprint density at radius 1 is 1.06 bits per heavy atom. The molecule has 0 radical (unpaired) electrons. The number of hydrogen-bond donors (Lipinski definition) is 2. The van der Waals surface area contributed by atoms with Gasteiger partial charge in [-0.25, -0.2) is 9.97 Å². The number of carbonyl (C=O) groups is 1. The molecule has 0 unspecified atom stereocenters. The SMILES string of the molecule is Cc1nc(NCc2ccc3c(c2)OCO3)ncc1C(=O)NC1CCN(Cc2ccccc2)CC1. The van der Waals surface area contributed by atoms with Crippen molar-refractivity contribution in [2.45, 2.75) is 38.9 Å². The van der Waals surface area contributed by atoms with Crippen molar-refractivity contribution in [1.82, 2.24) is 20.2 Å². The van der Waals surface area contributed by atoms with Gasteiger partial charge in [-0.2, -0.15) is 0 Å². The largest absolute Gasteiger partial charge is 0.454 e. The predicted molar refractivity (Wildman–Crippen MR) is 129 cm³/mol. The Labute approximate surface area is 199 Å². The summed E-state index contributed by atoms with van der Waals surface area (Å²) in [5.41, 5.74) is 3.53. The molecule has 1 amide bonds. The van der Waals surface area contributed by atoms with Gasteiger partial charge in [0, 0.05) is 38.4 Å². The first-order valence-electron chi connectivity index (χ1n) is 11.7. The Bertz CT molecular complexity index is 1150. The van der Waals surface area contributed by atoms with Crippen LogP contribution in [0.15, 0.2) is 54.7 Å². The number of likely N-dealkylation sites (tertiary alicyclic amines) is 1. The molecule has 0 saturated carbocycles. The lowest BCUT2D eigenvalue weighted by Crippen LogP contribution is -2.44. The number of nitrogens with zero attached hydrogens (tertiary/aromatic N) is 3. The zero-order valence-corrected chi connectivity index (χ0v) is 19.3. The fraction of sp³-hybridized carbons (Fsp3) is 0.346. The molecule has 3 aromatic rings.